The largest absolute Gasteiger partial charge is 0.438 e. The van der Waals surface area contributed by atoms with Gasteiger partial charge in [-0.1, -0.05) is 66.2 Å². The number of rotatable bonds is 5. The first-order valence-electron chi connectivity index (χ1n) is 13.5. The van der Waals surface area contributed by atoms with Gasteiger partial charge in [0.05, 0.1) is 22.2 Å². The smallest absolute Gasteiger partial charge is 0.267 e. The molecule has 10 heteroatoms. The monoisotopic (exact) mass is 599 g/mol. The molecule has 2 aromatic carbocycles. The van der Waals surface area contributed by atoms with Crippen molar-refractivity contribution in [1.29, 1.82) is 0 Å². The fraction of sp³-hybridized carbons (Fsp3) is 0.226. The molecule has 1 aliphatic carbocycles. The summed E-state index contributed by atoms with van der Waals surface area (Å²) in [5.41, 5.74) is 10.4. The Balaban J connectivity index is 1.30. The number of aryl methyl sites for hydroxylation is 3. The number of nitrogen functional groups attached to an aromatic ring is 1. The molecule has 0 bridgehead atoms. The summed E-state index contributed by atoms with van der Waals surface area (Å²) in [6, 6.07) is 17.3. The molecule has 0 unspecified atom stereocenters. The fourth-order valence-corrected chi connectivity index (χ4v) is 7.68. The molecule has 0 fully saturated rings. The van der Waals surface area contributed by atoms with Crippen molar-refractivity contribution in [3.8, 4) is 17.0 Å². The Morgan fingerprint density at radius 3 is 2.71 bits per heavy atom. The van der Waals surface area contributed by atoms with Gasteiger partial charge >= 0.3 is 0 Å². The van der Waals surface area contributed by atoms with E-state index < -0.39 is 0 Å². The average molecular weight is 600 g/mol. The highest BCUT2D eigenvalue weighted by Gasteiger charge is 2.23. The van der Waals surface area contributed by atoms with Gasteiger partial charge in [-0.05, 0) is 61.9 Å². The van der Waals surface area contributed by atoms with Crippen LogP contribution in [-0.2, 0) is 18.6 Å². The first kappa shape index (κ1) is 26.3. The highest BCUT2D eigenvalue weighted by atomic mass is 35.5. The van der Waals surface area contributed by atoms with E-state index in [-0.39, 0.29) is 5.56 Å². The SMILES string of the molecule is Cc1ccc(-n2c(SCc3nc(N)c4cc(-c5ccccc5)oc4n3)nc3sc4c(c3c2=O)CCCCC4)cc1Cl. The van der Waals surface area contributed by atoms with E-state index in [1.54, 1.807) is 15.9 Å². The number of hydrogen-bond donors (Lipinski definition) is 1. The van der Waals surface area contributed by atoms with Gasteiger partial charge in [0.2, 0.25) is 5.71 Å². The number of anilines is 1. The third kappa shape index (κ3) is 4.81. The predicted molar refractivity (Wildman–Crippen MR) is 167 cm³/mol. The normalized spacial score (nSPS) is 13.5. The molecule has 7 rings (SSSR count). The molecule has 0 radical (unpaired) electrons. The first-order chi connectivity index (χ1) is 20.0. The quantitative estimate of drug-likeness (QED) is 0.123. The van der Waals surface area contributed by atoms with Gasteiger partial charge in [0.15, 0.2) is 5.16 Å². The average Bonchev–Trinajstić information content (AvgIpc) is 3.48. The molecule has 4 heterocycles. The summed E-state index contributed by atoms with van der Waals surface area (Å²) in [5, 5.41) is 2.57. The third-order valence-electron chi connectivity index (χ3n) is 7.48. The number of furan rings is 1. The Morgan fingerprint density at radius 2 is 1.88 bits per heavy atom. The molecule has 2 N–H and O–H groups in total. The molecule has 0 saturated heterocycles. The molecular weight excluding hydrogens is 574 g/mol. The number of aromatic nitrogens is 4. The Kier molecular flexibility index (Phi) is 6.81. The highest BCUT2D eigenvalue weighted by Crippen LogP contribution is 2.36. The molecule has 4 aromatic heterocycles. The molecule has 1 aliphatic rings. The van der Waals surface area contributed by atoms with E-state index in [1.807, 2.05) is 61.5 Å². The predicted octanol–water partition coefficient (Wildman–Crippen LogP) is 7.76. The lowest BCUT2D eigenvalue weighted by atomic mass is 10.1. The molecule has 0 amide bonds. The van der Waals surface area contributed by atoms with Crippen LogP contribution < -0.4 is 11.3 Å². The molecule has 7 nitrogen and oxygen atoms in total. The molecule has 41 heavy (non-hydrogen) atoms. The van der Waals surface area contributed by atoms with Crippen molar-refractivity contribution in [1.82, 2.24) is 19.5 Å². The van der Waals surface area contributed by atoms with Crippen LogP contribution in [0.15, 0.2) is 69.0 Å². The van der Waals surface area contributed by atoms with Gasteiger partial charge in [0.25, 0.3) is 5.56 Å². The summed E-state index contributed by atoms with van der Waals surface area (Å²) < 4.78 is 7.73. The van der Waals surface area contributed by atoms with Crippen LogP contribution >= 0.6 is 34.7 Å². The second-order valence-corrected chi connectivity index (χ2v) is 12.7. The lowest BCUT2D eigenvalue weighted by Crippen LogP contribution is -2.22. The number of thioether (sulfide) groups is 1. The first-order valence-corrected chi connectivity index (χ1v) is 15.7. The summed E-state index contributed by atoms with van der Waals surface area (Å²) in [7, 11) is 0. The van der Waals surface area contributed by atoms with E-state index in [1.165, 1.54) is 23.1 Å². The Morgan fingerprint density at radius 1 is 1.05 bits per heavy atom. The molecule has 206 valence electrons. The van der Waals surface area contributed by atoms with Crippen LogP contribution in [0.3, 0.4) is 0 Å². The van der Waals surface area contributed by atoms with Crippen LogP contribution in [-0.4, -0.2) is 19.5 Å². The van der Waals surface area contributed by atoms with Gasteiger partial charge < -0.3 is 10.2 Å². The minimum absolute atomic E-state index is 0.0637. The molecule has 0 aliphatic heterocycles. The van der Waals surface area contributed by atoms with E-state index >= 15 is 0 Å². The van der Waals surface area contributed by atoms with Crippen molar-refractivity contribution in [3.05, 3.63) is 91.8 Å². The Labute approximate surface area is 249 Å². The summed E-state index contributed by atoms with van der Waals surface area (Å²) in [6.07, 6.45) is 5.32. The number of fused-ring (bicyclic) bond motifs is 4. The summed E-state index contributed by atoms with van der Waals surface area (Å²) in [4.78, 5) is 30.5. The van der Waals surface area contributed by atoms with Gasteiger partial charge in [-0.2, -0.15) is 4.98 Å². The van der Waals surface area contributed by atoms with Crippen LogP contribution in [0, 0.1) is 6.92 Å². The second kappa shape index (κ2) is 10.6. The molecule has 6 aromatic rings. The zero-order valence-corrected chi connectivity index (χ0v) is 24.7. The molecule has 0 saturated carbocycles. The standard InChI is InChI=1S/C31H26ClN5O2S2/c1-17-12-13-19(14-22(17)32)37-30(38)26-20-10-6-3-7-11-24(20)41-29(26)36-31(37)40-16-25-34-27(33)21-15-23(39-28(21)35-25)18-8-4-2-5-9-18/h2,4-5,8-9,12-15H,3,6-7,10-11,16H2,1H3,(H2,33,34,35). The van der Waals surface area contributed by atoms with E-state index in [9.17, 15) is 4.79 Å². The Hall–Kier alpha value is -3.66. The van der Waals surface area contributed by atoms with Gasteiger partial charge in [-0.15, -0.1) is 11.3 Å². The molecule has 0 spiro atoms. The van der Waals surface area contributed by atoms with Gasteiger partial charge in [-0.3, -0.25) is 9.36 Å². The van der Waals surface area contributed by atoms with Gasteiger partial charge in [-0.25, -0.2) is 9.97 Å². The van der Waals surface area contributed by atoms with Crippen molar-refractivity contribution in [2.24, 2.45) is 0 Å². The molecule has 0 atom stereocenters. The van der Waals surface area contributed by atoms with Crippen molar-refractivity contribution in [3.63, 3.8) is 0 Å². The van der Waals surface area contributed by atoms with Crippen molar-refractivity contribution in [2.75, 3.05) is 5.73 Å². The maximum Gasteiger partial charge on any atom is 0.267 e. The van der Waals surface area contributed by atoms with Crippen LogP contribution in [0.25, 0.3) is 38.3 Å². The second-order valence-electron chi connectivity index (χ2n) is 10.2. The van der Waals surface area contributed by atoms with Crippen LogP contribution in [0.4, 0.5) is 5.82 Å². The zero-order valence-electron chi connectivity index (χ0n) is 22.3. The van der Waals surface area contributed by atoms with Crippen molar-refractivity contribution >= 4 is 61.8 Å². The van der Waals surface area contributed by atoms with E-state index in [0.717, 1.165) is 52.6 Å². The lowest BCUT2D eigenvalue weighted by molar-refractivity contribution is 0.616. The van der Waals surface area contributed by atoms with Crippen molar-refractivity contribution in [2.45, 2.75) is 49.9 Å². The van der Waals surface area contributed by atoms with Gasteiger partial charge in [0.1, 0.15) is 22.2 Å². The maximum atomic E-state index is 14.2. The number of halogens is 1. The molecular formula is C31H26ClN5O2S2. The van der Waals surface area contributed by atoms with Gasteiger partial charge in [0, 0.05) is 15.5 Å². The van der Waals surface area contributed by atoms with Crippen molar-refractivity contribution < 1.29 is 4.42 Å². The summed E-state index contributed by atoms with van der Waals surface area (Å²) >= 11 is 9.55. The number of nitrogens with two attached hydrogens (primary N) is 1. The highest BCUT2D eigenvalue weighted by molar-refractivity contribution is 7.98. The number of hydrogen-bond acceptors (Lipinski definition) is 8. The van der Waals surface area contributed by atoms with Crippen LogP contribution in [0.1, 0.15) is 41.1 Å². The lowest BCUT2D eigenvalue weighted by Gasteiger charge is -2.13. The van der Waals surface area contributed by atoms with Crippen LogP contribution in [0.2, 0.25) is 5.02 Å². The topological polar surface area (TPSA) is 99.8 Å². The minimum atomic E-state index is -0.0637. The minimum Gasteiger partial charge on any atom is -0.438 e. The summed E-state index contributed by atoms with van der Waals surface area (Å²) in [6.45, 7) is 1.94. The van der Waals surface area contributed by atoms with E-state index in [0.29, 0.717) is 50.1 Å². The number of benzene rings is 2. The third-order valence-corrected chi connectivity index (χ3v) is 10.0. The number of thiophene rings is 1. The summed E-state index contributed by atoms with van der Waals surface area (Å²) in [5.74, 6) is 1.88. The zero-order chi connectivity index (χ0) is 28.1. The van der Waals surface area contributed by atoms with Crippen LogP contribution in [0.5, 0.6) is 0 Å². The van der Waals surface area contributed by atoms with E-state index in [4.69, 9.17) is 26.7 Å². The number of nitrogens with zero attached hydrogens (tertiary/aromatic N) is 4. The Bertz CT molecular complexity index is 2000. The maximum absolute atomic E-state index is 14.2. The van der Waals surface area contributed by atoms with E-state index in [2.05, 4.69) is 9.97 Å². The fourth-order valence-electron chi connectivity index (χ4n) is 5.34.